The summed E-state index contributed by atoms with van der Waals surface area (Å²) in [7, 11) is 1.47. The first kappa shape index (κ1) is 20.3. The molecule has 2 aromatic carbocycles. The van der Waals surface area contributed by atoms with Crippen LogP contribution in [0.4, 0.5) is 10.1 Å². The fraction of sp³-hybridized carbons (Fsp3) is 0.158. The molecule has 0 fully saturated rings. The number of carbonyl (C=O) groups excluding carboxylic acids is 1. The Morgan fingerprint density at radius 2 is 1.96 bits per heavy atom. The second-order valence-corrected chi connectivity index (χ2v) is 7.54. The van der Waals surface area contributed by atoms with Crippen molar-refractivity contribution in [3.8, 4) is 11.5 Å². The number of nitrogens with one attached hydrogen (secondary N) is 3. The molecule has 0 radical (unpaired) electrons. The van der Waals surface area contributed by atoms with E-state index in [0.29, 0.717) is 37.0 Å². The number of anilines is 1. The van der Waals surface area contributed by atoms with Gasteiger partial charge in [-0.2, -0.15) is 0 Å². The van der Waals surface area contributed by atoms with Crippen LogP contribution in [0.15, 0.2) is 47.7 Å². The number of rotatable bonds is 4. The normalized spacial score (nSPS) is 16.3. The van der Waals surface area contributed by atoms with Gasteiger partial charge in [0.25, 0.3) is 5.91 Å². The molecule has 3 rings (SSSR count). The summed E-state index contributed by atoms with van der Waals surface area (Å²) in [6.45, 7) is 1.75. The SMILES string of the molecule is COc1ccc(C2NC(=S)NC(C)=C2C(=O)Nc2ccc(F)cc2)c(I)c1O. The van der Waals surface area contributed by atoms with Crippen molar-refractivity contribution in [2.24, 2.45) is 0 Å². The summed E-state index contributed by atoms with van der Waals surface area (Å²) in [6.07, 6.45) is 0. The van der Waals surface area contributed by atoms with Crippen LogP contribution in [-0.2, 0) is 4.79 Å². The molecule has 28 heavy (non-hydrogen) atoms. The number of carbonyl (C=O) groups is 1. The second-order valence-electron chi connectivity index (χ2n) is 6.05. The van der Waals surface area contributed by atoms with Gasteiger partial charge in [0.05, 0.1) is 22.3 Å². The van der Waals surface area contributed by atoms with E-state index in [-0.39, 0.29) is 17.5 Å². The zero-order valence-electron chi connectivity index (χ0n) is 15.0. The fourth-order valence-electron chi connectivity index (χ4n) is 2.91. The molecule has 0 saturated carbocycles. The second kappa shape index (κ2) is 8.31. The van der Waals surface area contributed by atoms with E-state index in [2.05, 4.69) is 16.0 Å². The summed E-state index contributed by atoms with van der Waals surface area (Å²) in [5.41, 5.74) is 2.12. The highest BCUT2D eigenvalue weighted by molar-refractivity contribution is 14.1. The van der Waals surface area contributed by atoms with E-state index in [1.807, 2.05) is 22.6 Å². The van der Waals surface area contributed by atoms with Crippen LogP contribution in [0.1, 0.15) is 18.5 Å². The third-order valence-electron chi connectivity index (χ3n) is 4.26. The maximum atomic E-state index is 13.1. The molecule has 0 aromatic heterocycles. The molecule has 1 aliphatic rings. The average molecular weight is 513 g/mol. The minimum Gasteiger partial charge on any atom is -0.504 e. The van der Waals surface area contributed by atoms with Crippen molar-refractivity contribution in [3.05, 3.63) is 62.6 Å². The highest BCUT2D eigenvalue weighted by atomic mass is 127. The summed E-state index contributed by atoms with van der Waals surface area (Å²) < 4.78 is 18.8. The van der Waals surface area contributed by atoms with Gasteiger partial charge in [-0.05, 0) is 77.6 Å². The molecule has 2 aromatic rings. The quantitative estimate of drug-likeness (QED) is 0.370. The number of benzene rings is 2. The van der Waals surface area contributed by atoms with Gasteiger partial charge < -0.3 is 25.8 Å². The lowest BCUT2D eigenvalue weighted by Crippen LogP contribution is -2.46. The maximum absolute atomic E-state index is 13.1. The third kappa shape index (κ3) is 4.04. The van der Waals surface area contributed by atoms with E-state index in [4.69, 9.17) is 17.0 Å². The van der Waals surface area contributed by atoms with Gasteiger partial charge in [-0.1, -0.05) is 6.07 Å². The van der Waals surface area contributed by atoms with Crippen LogP contribution >= 0.6 is 34.8 Å². The van der Waals surface area contributed by atoms with Crippen molar-refractivity contribution in [2.45, 2.75) is 13.0 Å². The van der Waals surface area contributed by atoms with Gasteiger partial charge in [0, 0.05) is 11.4 Å². The van der Waals surface area contributed by atoms with Gasteiger partial charge in [-0.25, -0.2) is 4.39 Å². The lowest BCUT2D eigenvalue weighted by Gasteiger charge is -2.31. The maximum Gasteiger partial charge on any atom is 0.255 e. The van der Waals surface area contributed by atoms with E-state index in [9.17, 15) is 14.3 Å². The van der Waals surface area contributed by atoms with Crippen molar-refractivity contribution < 1.29 is 19.0 Å². The molecule has 1 atom stereocenters. The topological polar surface area (TPSA) is 82.6 Å². The zero-order chi connectivity index (χ0) is 20.4. The minimum absolute atomic E-state index is 0.0113. The van der Waals surface area contributed by atoms with Crippen molar-refractivity contribution >= 4 is 51.5 Å². The third-order valence-corrected chi connectivity index (χ3v) is 5.61. The highest BCUT2D eigenvalue weighted by Crippen LogP contribution is 2.39. The summed E-state index contributed by atoms with van der Waals surface area (Å²) in [5, 5.41) is 19.5. The molecular weight excluding hydrogens is 496 g/mol. The van der Waals surface area contributed by atoms with Crippen LogP contribution in [0, 0.1) is 9.39 Å². The molecule has 0 bridgehead atoms. The Balaban J connectivity index is 2.00. The molecule has 0 saturated heterocycles. The van der Waals surface area contributed by atoms with Gasteiger partial charge in [0.1, 0.15) is 5.82 Å². The number of hydrogen-bond acceptors (Lipinski definition) is 4. The van der Waals surface area contributed by atoms with Crippen molar-refractivity contribution in [1.29, 1.82) is 0 Å². The molecule has 1 aliphatic heterocycles. The number of amides is 1. The van der Waals surface area contributed by atoms with E-state index in [0.717, 1.165) is 0 Å². The first-order valence-corrected chi connectivity index (χ1v) is 9.71. The summed E-state index contributed by atoms with van der Waals surface area (Å²) >= 11 is 7.25. The molecule has 146 valence electrons. The summed E-state index contributed by atoms with van der Waals surface area (Å²) in [6, 6.07) is 8.31. The lowest BCUT2D eigenvalue weighted by atomic mass is 9.94. The Bertz CT molecular complexity index is 979. The highest BCUT2D eigenvalue weighted by Gasteiger charge is 2.32. The van der Waals surface area contributed by atoms with Gasteiger partial charge in [0.2, 0.25) is 0 Å². The Morgan fingerprint density at radius 1 is 1.29 bits per heavy atom. The van der Waals surface area contributed by atoms with E-state index in [1.54, 1.807) is 19.1 Å². The van der Waals surface area contributed by atoms with E-state index < -0.39 is 6.04 Å². The van der Waals surface area contributed by atoms with E-state index in [1.165, 1.54) is 31.4 Å². The standard InChI is InChI=1S/C19H17FIN3O3S/c1-9-14(18(26)23-11-5-3-10(20)4-6-11)16(24-19(28)22-9)12-7-8-13(27-2)17(25)15(12)21/h3-8,16,25H,1-2H3,(H,23,26)(H2,22,24,28). The van der Waals surface area contributed by atoms with Crippen molar-refractivity contribution in [2.75, 3.05) is 12.4 Å². The van der Waals surface area contributed by atoms with Gasteiger partial charge in [0.15, 0.2) is 16.6 Å². The molecule has 1 heterocycles. The number of hydrogen-bond donors (Lipinski definition) is 4. The lowest BCUT2D eigenvalue weighted by molar-refractivity contribution is -0.113. The number of methoxy groups -OCH3 is 1. The van der Waals surface area contributed by atoms with Crippen LogP contribution < -0.4 is 20.7 Å². The number of phenolic OH excluding ortho intramolecular Hbond substituents is 1. The smallest absolute Gasteiger partial charge is 0.255 e. The fourth-order valence-corrected chi connectivity index (χ4v) is 3.94. The van der Waals surface area contributed by atoms with Crippen molar-refractivity contribution in [1.82, 2.24) is 10.6 Å². The van der Waals surface area contributed by atoms with Crippen LogP contribution in [0.2, 0.25) is 0 Å². The van der Waals surface area contributed by atoms with Crippen LogP contribution in [0.5, 0.6) is 11.5 Å². The molecule has 4 N–H and O–H groups in total. The number of phenols is 1. The Morgan fingerprint density at radius 3 is 2.61 bits per heavy atom. The number of thiocarbonyl (C=S) groups is 1. The largest absolute Gasteiger partial charge is 0.504 e. The van der Waals surface area contributed by atoms with Crippen LogP contribution in [0.25, 0.3) is 0 Å². The minimum atomic E-state index is -0.585. The van der Waals surface area contributed by atoms with Crippen molar-refractivity contribution in [3.63, 3.8) is 0 Å². The Hall–Kier alpha value is -2.40. The summed E-state index contributed by atoms with van der Waals surface area (Å²) in [4.78, 5) is 13.0. The molecule has 1 unspecified atom stereocenters. The van der Waals surface area contributed by atoms with Gasteiger partial charge in [-0.3, -0.25) is 4.79 Å². The average Bonchev–Trinajstić information content (AvgIpc) is 2.65. The summed E-state index contributed by atoms with van der Waals surface area (Å²) in [5.74, 6) is -0.436. The number of halogens is 2. The Kier molecular flexibility index (Phi) is 6.04. The molecule has 0 spiro atoms. The predicted octanol–water partition coefficient (Wildman–Crippen LogP) is 3.58. The predicted molar refractivity (Wildman–Crippen MR) is 117 cm³/mol. The molecule has 9 heteroatoms. The first-order valence-electron chi connectivity index (χ1n) is 8.22. The monoisotopic (exact) mass is 513 g/mol. The van der Waals surface area contributed by atoms with Crippen LogP contribution in [0.3, 0.4) is 0 Å². The number of ether oxygens (including phenoxy) is 1. The van der Waals surface area contributed by atoms with Crippen LogP contribution in [-0.4, -0.2) is 23.2 Å². The first-order chi connectivity index (χ1) is 13.3. The van der Waals surface area contributed by atoms with Gasteiger partial charge in [-0.15, -0.1) is 0 Å². The molecule has 6 nitrogen and oxygen atoms in total. The molecule has 1 amide bonds. The number of aromatic hydroxyl groups is 1. The van der Waals surface area contributed by atoms with Gasteiger partial charge >= 0.3 is 0 Å². The van der Waals surface area contributed by atoms with E-state index >= 15 is 0 Å². The molecule has 0 aliphatic carbocycles. The molecular formula is C19H17FIN3O3S. The zero-order valence-corrected chi connectivity index (χ0v) is 17.9. The Labute approximate surface area is 180 Å². The number of allylic oxidation sites excluding steroid dienone is 1.